The van der Waals surface area contributed by atoms with Crippen LogP contribution in [0.3, 0.4) is 0 Å². The second-order valence-corrected chi connectivity index (χ2v) is 5.50. The molecule has 4 N–H and O–H groups in total. The molecule has 1 heterocycles. The Morgan fingerprint density at radius 3 is 2.38 bits per heavy atom. The van der Waals surface area contributed by atoms with Gasteiger partial charge in [-0.3, -0.25) is 4.79 Å². The van der Waals surface area contributed by atoms with E-state index in [2.05, 4.69) is 4.98 Å². The first-order chi connectivity index (χ1) is 9.80. The molecule has 114 valence electrons. The maximum atomic E-state index is 11.5. The van der Waals surface area contributed by atoms with Gasteiger partial charge in [0, 0.05) is 18.7 Å². The Morgan fingerprint density at radius 2 is 1.86 bits per heavy atom. The molecule has 7 heteroatoms. The van der Waals surface area contributed by atoms with Crippen LogP contribution in [0.5, 0.6) is 11.5 Å². The van der Waals surface area contributed by atoms with Gasteiger partial charge in [0.15, 0.2) is 11.5 Å². The predicted molar refractivity (Wildman–Crippen MR) is 80.2 cm³/mol. The summed E-state index contributed by atoms with van der Waals surface area (Å²) in [5.74, 6) is 1.06. The Hall–Kier alpha value is -2.44. The molecule has 0 saturated heterocycles. The molecule has 2 aromatic rings. The van der Waals surface area contributed by atoms with Crippen LogP contribution >= 0.6 is 0 Å². The summed E-state index contributed by atoms with van der Waals surface area (Å²) in [5, 5.41) is 0. The lowest BCUT2D eigenvalue weighted by atomic mass is 9.92. The molecule has 2 rings (SSSR count). The van der Waals surface area contributed by atoms with Crippen LogP contribution in [0.15, 0.2) is 12.1 Å². The van der Waals surface area contributed by atoms with Crippen LogP contribution in [-0.4, -0.2) is 29.7 Å². The van der Waals surface area contributed by atoms with Crippen molar-refractivity contribution >= 4 is 22.9 Å². The number of nitrogens with zero attached hydrogens (tertiary/aromatic N) is 2. The fourth-order valence-electron chi connectivity index (χ4n) is 2.11. The number of primary amides is 1. The van der Waals surface area contributed by atoms with Crippen molar-refractivity contribution in [3.8, 4) is 11.5 Å². The molecule has 0 saturated carbocycles. The number of ether oxygens (including phenoxy) is 2. The standard InChI is InChI=1S/C14H20N4O3/c1-14(2,12(15)19)7-18-9-6-11(21-4)10(20-3)5-8(9)17-13(18)16/h5-6H,7H2,1-4H3,(H2,15,19)(H2,16,17). The molecule has 1 aromatic carbocycles. The minimum Gasteiger partial charge on any atom is -0.493 e. The lowest BCUT2D eigenvalue weighted by Crippen LogP contribution is -2.35. The van der Waals surface area contributed by atoms with E-state index in [0.29, 0.717) is 29.5 Å². The van der Waals surface area contributed by atoms with Gasteiger partial charge in [0.2, 0.25) is 11.9 Å². The van der Waals surface area contributed by atoms with Crippen molar-refractivity contribution in [2.24, 2.45) is 11.1 Å². The van der Waals surface area contributed by atoms with E-state index in [4.69, 9.17) is 20.9 Å². The summed E-state index contributed by atoms with van der Waals surface area (Å²) in [7, 11) is 3.11. The monoisotopic (exact) mass is 292 g/mol. The topological polar surface area (TPSA) is 105 Å². The molecule has 1 amide bonds. The number of hydrogen-bond acceptors (Lipinski definition) is 5. The van der Waals surface area contributed by atoms with E-state index in [1.165, 1.54) is 0 Å². The Kier molecular flexibility index (Phi) is 3.67. The molecule has 0 fully saturated rings. The van der Waals surface area contributed by atoms with Crippen molar-refractivity contribution < 1.29 is 14.3 Å². The summed E-state index contributed by atoms with van der Waals surface area (Å²) in [6, 6.07) is 3.53. The van der Waals surface area contributed by atoms with Gasteiger partial charge in [-0.1, -0.05) is 0 Å². The first kappa shape index (κ1) is 15.0. The maximum Gasteiger partial charge on any atom is 0.224 e. The number of aromatic nitrogens is 2. The van der Waals surface area contributed by atoms with Crippen LogP contribution in [0, 0.1) is 5.41 Å². The summed E-state index contributed by atoms with van der Waals surface area (Å²) in [5.41, 5.74) is 12.1. The number of fused-ring (bicyclic) bond motifs is 1. The number of methoxy groups -OCH3 is 2. The molecule has 21 heavy (non-hydrogen) atoms. The smallest absolute Gasteiger partial charge is 0.224 e. The fraction of sp³-hybridized carbons (Fsp3) is 0.429. The summed E-state index contributed by atoms with van der Waals surface area (Å²) in [6.07, 6.45) is 0. The number of anilines is 1. The van der Waals surface area contributed by atoms with Crippen molar-refractivity contribution in [3.05, 3.63) is 12.1 Å². The number of nitrogen functional groups attached to an aromatic ring is 1. The van der Waals surface area contributed by atoms with Crippen LogP contribution in [0.2, 0.25) is 0 Å². The number of carbonyl (C=O) groups is 1. The molecule has 0 radical (unpaired) electrons. The molecule has 0 spiro atoms. The molecule has 7 nitrogen and oxygen atoms in total. The van der Waals surface area contributed by atoms with E-state index in [9.17, 15) is 4.79 Å². The summed E-state index contributed by atoms with van der Waals surface area (Å²) in [4.78, 5) is 15.8. The van der Waals surface area contributed by atoms with Crippen molar-refractivity contribution in [2.45, 2.75) is 20.4 Å². The number of imidazole rings is 1. The van der Waals surface area contributed by atoms with E-state index in [0.717, 1.165) is 5.52 Å². The van der Waals surface area contributed by atoms with Crippen molar-refractivity contribution in [1.29, 1.82) is 0 Å². The zero-order valence-corrected chi connectivity index (χ0v) is 12.6. The minimum atomic E-state index is -0.741. The van der Waals surface area contributed by atoms with Gasteiger partial charge in [0.25, 0.3) is 0 Å². The summed E-state index contributed by atoms with van der Waals surface area (Å²) in [6.45, 7) is 3.86. The van der Waals surface area contributed by atoms with Crippen LogP contribution in [-0.2, 0) is 11.3 Å². The first-order valence-corrected chi connectivity index (χ1v) is 6.48. The van der Waals surface area contributed by atoms with Gasteiger partial charge in [-0.2, -0.15) is 0 Å². The third-order valence-electron chi connectivity index (χ3n) is 3.50. The third kappa shape index (κ3) is 2.58. The van der Waals surface area contributed by atoms with Gasteiger partial charge in [0.05, 0.1) is 30.7 Å². The van der Waals surface area contributed by atoms with E-state index >= 15 is 0 Å². The Bertz CT molecular complexity index is 691. The third-order valence-corrected chi connectivity index (χ3v) is 3.50. The van der Waals surface area contributed by atoms with Gasteiger partial charge in [-0.15, -0.1) is 0 Å². The normalized spacial score (nSPS) is 11.6. The fourth-order valence-corrected chi connectivity index (χ4v) is 2.11. The van der Waals surface area contributed by atoms with Crippen LogP contribution in [0.1, 0.15) is 13.8 Å². The van der Waals surface area contributed by atoms with E-state index in [1.54, 1.807) is 44.8 Å². The maximum absolute atomic E-state index is 11.5. The average molecular weight is 292 g/mol. The number of nitrogens with two attached hydrogens (primary N) is 2. The van der Waals surface area contributed by atoms with Gasteiger partial charge in [-0.25, -0.2) is 4.98 Å². The molecule has 0 bridgehead atoms. The van der Waals surface area contributed by atoms with Crippen LogP contribution in [0.4, 0.5) is 5.95 Å². The molecule has 0 aliphatic carbocycles. The predicted octanol–water partition coefficient (Wildman–Crippen LogP) is 1.15. The SMILES string of the molecule is COc1cc2nc(N)n(CC(C)(C)C(N)=O)c2cc1OC. The van der Waals surface area contributed by atoms with Crippen molar-refractivity contribution in [2.75, 3.05) is 20.0 Å². The molecule has 1 aromatic heterocycles. The number of hydrogen-bond donors (Lipinski definition) is 2. The highest BCUT2D eigenvalue weighted by Crippen LogP contribution is 2.34. The molecule has 0 aliphatic heterocycles. The van der Waals surface area contributed by atoms with Crippen LogP contribution < -0.4 is 20.9 Å². The van der Waals surface area contributed by atoms with E-state index in [-0.39, 0.29) is 0 Å². The Balaban J connectivity index is 2.59. The quantitative estimate of drug-likeness (QED) is 0.860. The Morgan fingerprint density at radius 1 is 1.29 bits per heavy atom. The molecular formula is C14H20N4O3. The highest BCUT2D eigenvalue weighted by atomic mass is 16.5. The van der Waals surface area contributed by atoms with Gasteiger partial charge >= 0.3 is 0 Å². The highest BCUT2D eigenvalue weighted by molar-refractivity contribution is 5.84. The second-order valence-electron chi connectivity index (χ2n) is 5.50. The molecule has 0 atom stereocenters. The first-order valence-electron chi connectivity index (χ1n) is 6.48. The van der Waals surface area contributed by atoms with Gasteiger partial charge in [-0.05, 0) is 13.8 Å². The molecular weight excluding hydrogens is 272 g/mol. The van der Waals surface area contributed by atoms with Gasteiger partial charge < -0.3 is 25.5 Å². The molecule has 0 aliphatic rings. The van der Waals surface area contributed by atoms with Crippen molar-refractivity contribution in [3.63, 3.8) is 0 Å². The lowest BCUT2D eigenvalue weighted by Gasteiger charge is -2.22. The van der Waals surface area contributed by atoms with E-state index in [1.807, 2.05) is 0 Å². The largest absolute Gasteiger partial charge is 0.493 e. The van der Waals surface area contributed by atoms with Crippen molar-refractivity contribution in [1.82, 2.24) is 9.55 Å². The zero-order valence-electron chi connectivity index (χ0n) is 12.6. The Labute approximate surface area is 122 Å². The number of carbonyl (C=O) groups excluding carboxylic acids is 1. The van der Waals surface area contributed by atoms with Gasteiger partial charge in [0.1, 0.15) is 0 Å². The molecule has 0 unspecified atom stereocenters. The number of benzene rings is 1. The average Bonchev–Trinajstić information content (AvgIpc) is 2.72. The minimum absolute atomic E-state index is 0.314. The van der Waals surface area contributed by atoms with E-state index < -0.39 is 11.3 Å². The summed E-state index contributed by atoms with van der Waals surface area (Å²) >= 11 is 0. The van der Waals surface area contributed by atoms with Crippen LogP contribution in [0.25, 0.3) is 11.0 Å². The number of rotatable bonds is 5. The highest BCUT2D eigenvalue weighted by Gasteiger charge is 2.27. The lowest BCUT2D eigenvalue weighted by molar-refractivity contribution is -0.126. The summed E-state index contributed by atoms with van der Waals surface area (Å²) < 4.78 is 12.3. The zero-order chi connectivity index (χ0) is 15.8. The second kappa shape index (κ2) is 5.16. The number of amides is 1.